The first kappa shape index (κ1) is 13.1. The predicted molar refractivity (Wildman–Crippen MR) is 72.1 cm³/mol. The SMILES string of the molecule is Cc1ccc([C@H](N)B2OC(C)(C)C(C)(C)O2)s1. The fourth-order valence-corrected chi connectivity index (χ4v) is 2.69. The van der Waals surface area contributed by atoms with E-state index in [2.05, 4.69) is 19.1 Å². The Labute approximate surface area is 107 Å². The molecule has 1 aromatic heterocycles. The average Bonchev–Trinajstić information content (AvgIpc) is 2.69. The van der Waals surface area contributed by atoms with Gasteiger partial charge in [-0.25, -0.2) is 0 Å². The fourth-order valence-electron chi connectivity index (χ4n) is 1.80. The Morgan fingerprint density at radius 1 is 1.18 bits per heavy atom. The van der Waals surface area contributed by atoms with E-state index in [0.29, 0.717) is 0 Å². The van der Waals surface area contributed by atoms with Crippen molar-refractivity contribution in [3.63, 3.8) is 0 Å². The second-order valence-corrected chi connectivity index (χ2v) is 6.92. The van der Waals surface area contributed by atoms with Crippen LogP contribution < -0.4 is 5.73 Å². The van der Waals surface area contributed by atoms with E-state index in [-0.39, 0.29) is 24.3 Å². The number of hydrogen-bond acceptors (Lipinski definition) is 4. The molecule has 0 amide bonds. The van der Waals surface area contributed by atoms with E-state index in [1.54, 1.807) is 11.3 Å². The maximum Gasteiger partial charge on any atom is 0.481 e. The van der Waals surface area contributed by atoms with E-state index < -0.39 is 0 Å². The van der Waals surface area contributed by atoms with Crippen LogP contribution in [0.5, 0.6) is 0 Å². The molecular formula is C12H20BNO2S. The van der Waals surface area contributed by atoms with Gasteiger partial charge in [0.05, 0.1) is 17.1 Å². The van der Waals surface area contributed by atoms with Crippen molar-refractivity contribution in [2.45, 2.75) is 51.8 Å². The molecule has 5 heteroatoms. The molecule has 1 atom stereocenters. The summed E-state index contributed by atoms with van der Waals surface area (Å²) < 4.78 is 11.9. The van der Waals surface area contributed by atoms with E-state index in [4.69, 9.17) is 15.0 Å². The predicted octanol–water partition coefficient (Wildman–Crippen LogP) is 2.69. The van der Waals surface area contributed by atoms with Gasteiger partial charge in [0.2, 0.25) is 0 Å². The second-order valence-electron chi connectivity index (χ2n) is 5.60. The van der Waals surface area contributed by atoms with Gasteiger partial charge in [-0.15, -0.1) is 11.3 Å². The molecule has 0 aliphatic carbocycles. The molecule has 1 fully saturated rings. The molecule has 1 aliphatic heterocycles. The summed E-state index contributed by atoms with van der Waals surface area (Å²) in [6, 6.07) is 4.13. The molecule has 0 unspecified atom stereocenters. The lowest BCUT2D eigenvalue weighted by Gasteiger charge is -2.32. The molecular weight excluding hydrogens is 233 g/mol. The van der Waals surface area contributed by atoms with Crippen LogP contribution >= 0.6 is 11.3 Å². The molecule has 2 N–H and O–H groups in total. The first-order valence-corrected chi connectivity index (χ1v) is 6.72. The monoisotopic (exact) mass is 253 g/mol. The topological polar surface area (TPSA) is 44.5 Å². The van der Waals surface area contributed by atoms with E-state index in [9.17, 15) is 0 Å². The minimum atomic E-state index is -0.363. The normalized spacial score (nSPS) is 24.0. The Hall–Kier alpha value is -0.355. The van der Waals surface area contributed by atoms with Crippen LogP contribution in [-0.2, 0) is 9.31 Å². The van der Waals surface area contributed by atoms with Gasteiger partial charge in [-0.1, -0.05) is 0 Å². The maximum atomic E-state index is 6.22. The summed E-state index contributed by atoms with van der Waals surface area (Å²) in [5.41, 5.74) is 5.58. The van der Waals surface area contributed by atoms with Crippen LogP contribution in [0.4, 0.5) is 0 Å². The van der Waals surface area contributed by atoms with Crippen LogP contribution in [0, 0.1) is 6.92 Å². The van der Waals surface area contributed by atoms with Crippen molar-refractivity contribution in [1.29, 1.82) is 0 Å². The van der Waals surface area contributed by atoms with E-state index in [1.165, 1.54) is 4.88 Å². The van der Waals surface area contributed by atoms with Crippen molar-refractivity contribution in [3.05, 3.63) is 21.9 Å². The van der Waals surface area contributed by atoms with Gasteiger partial charge in [0, 0.05) is 9.75 Å². The summed E-state index contributed by atoms with van der Waals surface area (Å²) in [7, 11) is -0.363. The van der Waals surface area contributed by atoms with Gasteiger partial charge in [-0.2, -0.15) is 0 Å². The van der Waals surface area contributed by atoms with Crippen LogP contribution in [0.1, 0.15) is 43.4 Å². The van der Waals surface area contributed by atoms with Gasteiger partial charge in [-0.3, -0.25) is 0 Å². The van der Waals surface area contributed by atoms with Crippen LogP contribution in [0.2, 0.25) is 0 Å². The van der Waals surface area contributed by atoms with Gasteiger partial charge in [0.1, 0.15) is 0 Å². The van der Waals surface area contributed by atoms with Crippen molar-refractivity contribution < 1.29 is 9.31 Å². The number of thiophene rings is 1. The smallest absolute Gasteiger partial charge is 0.402 e. The molecule has 0 saturated carbocycles. The minimum absolute atomic E-state index is 0.213. The third-order valence-electron chi connectivity index (χ3n) is 3.65. The maximum absolute atomic E-state index is 6.22. The number of aryl methyl sites for hydroxylation is 1. The van der Waals surface area contributed by atoms with Gasteiger partial charge < -0.3 is 15.0 Å². The molecule has 0 spiro atoms. The number of nitrogens with two attached hydrogens (primary N) is 1. The first-order valence-electron chi connectivity index (χ1n) is 5.90. The van der Waals surface area contributed by atoms with Crippen molar-refractivity contribution in [3.8, 4) is 0 Å². The quantitative estimate of drug-likeness (QED) is 0.824. The molecule has 94 valence electrons. The zero-order valence-corrected chi connectivity index (χ0v) is 11.9. The Kier molecular flexibility index (Phi) is 3.15. The lowest BCUT2D eigenvalue weighted by molar-refractivity contribution is 0.00578. The van der Waals surface area contributed by atoms with E-state index >= 15 is 0 Å². The molecule has 0 aromatic carbocycles. The molecule has 0 bridgehead atoms. The second kappa shape index (κ2) is 4.09. The standard InChI is InChI=1S/C12H20BNO2S/c1-8-6-7-9(17-8)10(14)13-15-11(2,3)12(4,5)16-13/h6-7,10H,14H2,1-5H3/t10-/m0/s1. The van der Waals surface area contributed by atoms with Crippen LogP contribution in [0.3, 0.4) is 0 Å². The van der Waals surface area contributed by atoms with Crippen molar-refractivity contribution in [2.24, 2.45) is 5.73 Å². The average molecular weight is 253 g/mol. The van der Waals surface area contributed by atoms with Gasteiger partial charge in [-0.05, 0) is 46.8 Å². The van der Waals surface area contributed by atoms with Crippen LogP contribution in [-0.4, -0.2) is 18.3 Å². The number of hydrogen-bond donors (Lipinski definition) is 1. The summed E-state index contributed by atoms with van der Waals surface area (Å²) >= 11 is 1.70. The molecule has 1 saturated heterocycles. The largest absolute Gasteiger partial charge is 0.481 e. The lowest BCUT2D eigenvalue weighted by atomic mass is 9.78. The number of rotatable bonds is 2. The third kappa shape index (κ3) is 2.29. The fraction of sp³-hybridized carbons (Fsp3) is 0.667. The third-order valence-corrected chi connectivity index (χ3v) is 4.76. The zero-order valence-electron chi connectivity index (χ0n) is 11.1. The highest BCUT2D eigenvalue weighted by Gasteiger charge is 2.53. The Morgan fingerprint density at radius 3 is 2.12 bits per heavy atom. The minimum Gasteiger partial charge on any atom is -0.402 e. The molecule has 2 heterocycles. The Bertz CT molecular complexity index is 400. The Balaban J connectivity index is 2.16. The molecule has 0 radical (unpaired) electrons. The summed E-state index contributed by atoms with van der Waals surface area (Å²) in [6.45, 7) is 10.2. The first-order chi connectivity index (χ1) is 7.73. The summed E-state index contributed by atoms with van der Waals surface area (Å²) in [6.07, 6.45) is 0. The highest BCUT2D eigenvalue weighted by molar-refractivity contribution is 7.12. The lowest BCUT2D eigenvalue weighted by Crippen LogP contribution is -2.41. The molecule has 2 rings (SSSR count). The van der Waals surface area contributed by atoms with Gasteiger partial charge in [0.25, 0.3) is 0 Å². The molecule has 1 aliphatic rings. The highest BCUT2D eigenvalue weighted by Crippen LogP contribution is 2.40. The zero-order chi connectivity index (χ0) is 12.8. The van der Waals surface area contributed by atoms with Gasteiger partial charge >= 0.3 is 7.12 Å². The summed E-state index contributed by atoms with van der Waals surface area (Å²) in [5, 5.41) is 0. The van der Waals surface area contributed by atoms with Crippen molar-refractivity contribution in [2.75, 3.05) is 0 Å². The van der Waals surface area contributed by atoms with Gasteiger partial charge in [0.15, 0.2) is 0 Å². The van der Waals surface area contributed by atoms with Crippen LogP contribution in [0.25, 0.3) is 0 Å². The van der Waals surface area contributed by atoms with E-state index in [1.807, 2.05) is 27.7 Å². The molecule has 1 aromatic rings. The van der Waals surface area contributed by atoms with Crippen molar-refractivity contribution in [1.82, 2.24) is 0 Å². The molecule has 17 heavy (non-hydrogen) atoms. The van der Waals surface area contributed by atoms with Crippen molar-refractivity contribution >= 4 is 18.5 Å². The molecule has 3 nitrogen and oxygen atoms in total. The van der Waals surface area contributed by atoms with Crippen LogP contribution in [0.15, 0.2) is 12.1 Å². The summed E-state index contributed by atoms with van der Waals surface area (Å²) in [5.74, 6) is -0.213. The summed E-state index contributed by atoms with van der Waals surface area (Å²) in [4.78, 5) is 2.37. The Morgan fingerprint density at radius 2 is 1.71 bits per heavy atom. The van der Waals surface area contributed by atoms with E-state index in [0.717, 1.165) is 4.88 Å². The highest BCUT2D eigenvalue weighted by atomic mass is 32.1.